The summed E-state index contributed by atoms with van der Waals surface area (Å²) >= 11 is 0. The van der Waals surface area contributed by atoms with E-state index in [1.54, 1.807) is 0 Å². The van der Waals surface area contributed by atoms with Crippen LogP contribution in [-0.2, 0) is 20.9 Å². The van der Waals surface area contributed by atoms with Crippen molar-refractivity contribution >= 4 is 17.4 Å². The number of carbonyl (C=O) groups is 2. The average molecular weight is 428 g/mol. The van der Waals surface area contributed by atoms with Gasteiger partial charge in [-0.05, 0) is 63.0 Å². The van der Waals surface area contributed by atoms with Gasteiger partial charge in [-0.15, -0.1) is 5.10 Å². The molecule has 8 heteroatoms. The topological polar surface area (TPSA) is 80.6 Å². The van der Waals surface area contributed by atoms with Crippen molar-refractivity contribution in [2.75, 3.05) is 33.3 Å². The molecule has 0 aromatic carbocycles. The van der Waals surface area contributed by atoms with Crippen LogP contribution in [0.2, 0.25) is 0 Å². The second-order valence-corrected chi connectivity index (χ2v) is 9.61. The number of esters is 1. The van der Waals surface area contributed by atoms with E-state index in [2.05, 4.69) is 27.5 Å². The fourth-order valence-corrected chi connectivity index (χ4v) is 6.00. The summed E-state index contributed by atoms with van der Waals surface area (Å²) in [6.07, 6.45) is 11.4. The second kappa shape index (κ2) is 8.73. The van der Waals surface area contributed by atoms with Crippen LogP contribution < -0.4 is 0 Å². The molecule has 1 aromatic heterocycles. The molecule has 5 heterocycles. The van der Waals surface area contributed by atoms with E-state index in [1.807, 2.05) is 9.58 Å². The molecule has 1 aliphatic carbocycles. The lowest BCUT2D eigenvalue weighted by atomic mass is 9.74. The number of carbonyl (C=O) groups excluding carboxylic acids is 2. The Morgan fingerprint density at radius 3 is 2.71 bits per heavy atom. The quantitative estimate of drug-likeness (QED) is 0.669. The number of methoxy groups -OCH3 is 1. The SMILES string of the molecule is COC(=O)C1CCN(C(=O)C2CN3CCC2CC3Cn2cc(C3=CCCC3)nn2)CC1. The van der Waals surface area contributed by atoms with Crippen LogP contribution in [0.25, 0.3) is 5.57 Å². The van der Waals surface area contributed by atoms with E-state index in [0.29, 0.717) is 37.9 Å². The van der Waals surface area contributed by atoms with Crippen LogP contribution in [0.5, 0.6) is 0 Å². The summed E-state index contributed by atoms with van der Waals surface area (Å²) in [7, 11) is 1.44. The van der Waals surface area contributed by atoms with Crippen molar-refractivity contribution in [3.05, 3.63) is 18.0 Å². The molecule has 0 saturated carbocycles. The van der Waals surface area contributed by atoms with Crippen LogP contribution in [-0.4, -0.2) is 76.0 Å². The van der Waals surface area contributed by atoms with Gasteiger partial charge in [-0.1, -0.05) is 11.3 Å². The maximum absolute atomic E-state index is 13.3. The Kier molecular flexibility index (Phi) is 5.82. The van der Waals surface area contributed by atoms with Crippen LogP contribution >= 0.6 is 0 Å². The highest BCUT2D eigenvalue weighted by molar-refractivity contribution is 5.80. The Balaban J connectivity index is 1.17. The van der Waals surface area contributed by atoms with E-state index in [0.717, 1.165) is 51.0 Å². The third kappa shape index (κ3) is 4.14. The number of likely N-dealkylation sites (tertiary alicyclic amines) is 1. The van der Waals surface area contributed by atoms with E-state index in [1.165, 1.54) is 19.1 Å². The van der Waals surface area contributed by atoms with Crippen molar-refractivity contribution in [3.63, 3.8) is 0 Å². The number of rotatable bonds is 5. The van der Waals surface area contributed by atoms with Gasteiger partial charge in [0.25, 0.3) is 0 Å². The number of aromatic nitrogens is 3. The van der Waals surface area contributed by atoms with Crippen molar-refractivity contribution < 1.29 is 14.3 Å². The summed E-state index contributed by atoms with van der Waals surface area (Å²) < 4.78 is 6.86. The third-order valence-electron chi connectivity index (χ3n) is 7.84. The normalized spacial score (nSPS) is 31.0. The Morgan fingerprint density at radius 2 is 2.03 bits per heavy atom. The van der Waals surface area contributed by atoms with Gasteiger partial charge >= 0.3 is 5.97 Å². The first-order valence-corrected chi connectivity index (χ1v) is 11.8. The minimum absolute atomic E-state index is 0.0578. The molecular formula is C23H33N5O3. The molecule has 1 amide bonds. The van der Waals surface area contributed by atoms with E-state index in [-0.39, 0.29) is 23.7 Å². The first kappa shape index (κ1) is 20.7. The molecule has 0 spiro atoms. The van der Waals surface area contributed by atoms with Crippen LogP contribution in [0, 0.1) is 17.8 Å². The lowest BCUT2D eigenvalue weighted by Gasteiger charge is -2.50. The minimum atomic E-state index is -0.140. The molecule has 4 unspecified atom stereocenters. The van der Waals surface area contributed by atoms with Crippen molar-refractivity contribution in [1.29, 1.82) is 0 Å². The maximum atomic E-state index is 13.3. The zero-order chi connectivity index (χ0) is 21.4. The van der Waals surface area contributed by atoms with Gasteiger partial charge < -0.3 is 9.64 Å². The van der Waals surface area contributed by atoms with E-state index in [4.69, 9.17) is 4.74 Å². The molecule has 4 saturated heterocycles. The van der Waals surface area contributed by atoms with Gasteiger partial charge in [-0.25, -0.2) is 0 Å². The van der Waals surface area contributed by atoms with Gasteiger partial charge in [0.1, 0.15) is 5.69 Å². The molecule has 5 aliphatic rings. The van der Waals surface area contributed by atoms with E-state index >= 15 is 0 Å². The van der Waals surface area contributed by atoms with Gasteiger partial charge in [-0.2, -0.15) is 0 Å². The highest BCUT2D eigenvalue weighted by Crippen LogP contribution is 2.38. The Bertz CT molecular complexity index is 857. The van der Waals surface area contributed by atoms with Crippen molar-refractivity contribution in [2.24, 2.45) is 17.8 Å². The van der Waals surface area contributed by atoms with Gasteiger partial charge in [0, 0.05) is 25.7 Å². The van der Waals surface area contributed by atoms with Crippen LogP contribution in [0.1, 0.15) is 50.6 Å². The predicted molar refractivity (Wildman–Crippen MR) is 115 cm³/mol. The second-order valence-electron chi connectivity index (χ2n) is 9.61. The summed E-state index contributed by atoms with van der Waals surface area (Å²) in [5.74, 6) is 0.625. The lowest BCUT2D eigenvalue weighted by molar-refractivity contribution is -0.152. The lowest BCUT2D eigenvalue weighted by Crippen LogP contribution is -2.59. The van der Waals surface area contributed by atoms with Crippen LogP contribution in [0.4, 0.5) is 0 Å². The van der Waals surface area contributed by atoms with E-state index < -0.39 is 0 Å². The zero-order valence-electron chi connectivity index (χ0n) is 18.4. The summed E-state index contributed by atoms with van der Waals surface area (Å²) in [5.41, 5.74) is 2.36. The highest BCUT2D eigenvalue weighted by Gasteiger charge is 2.45. The first-order chi connectivity index (χ1) is 15.1. The number of amides is 1. The molecule has 8 nitrogen and oxygen atoms in total. The van der Waals surface area contributed by atoms with Crippen molar-refractivity contribution in [1.82, 2.24) is 24.8 Å². The number of hydrogen-bond acceptors (Lipinski definition) is 6. The maximum Gasteiger partial charge on any atom is 0.308 e. The number of allylic oxidation sites excluding steroid dienone is 2. The number of piperidine rings is 4. The average Bonchev–Trinajstić information content (AvgIpc) is 3.51. The summed E-state index contributed by atoms with van der Waals surface area (Å²) in [6.45, 7) is 4.10. The molecule has 4 fully saturated rings. The minimum Gasteiger partial charge on any atom is -0.469 e. The Hall–Kier alpha value is -2.22. The van der Waals surface area contributed by atoms with E-state index in [9.17, 15) is 9.59 Å². The van der Waals surface area contributed by atoms with Gasteiger partial charge in [-0.3, -0.25) is 19.2 Å². The monoisotopic (exact) mass is 427 g/mol. The standard InChI is InChI=1S/C23H33N5O3/c1-31-23(30)17-6-9-26(10-7-17)22(29)20-14-27-11-8-18(20)12-19(27)13-28-15-21(24-25-28)16-4-2-3-5-16/h4,15,17-20H,2-3,5-14H2,1H3. The largest absolute Gasteiger partial charge is 0.469 e. The molecule has 6 rings (SSSR count). The molecule has 2 bridgehead atoms. The number of nitrogens with zero attached hydrogens (tertiary/aromatic N) is 5. The molecule has 0 N–H and O–H groups in total. The Labute approximate surface area is 183 Å². The van der Waals surface area contributed by atoms with Crippen molar-refractivity contribution in [2.45, 2.75) is 57.5 Å². The Morgan fingerprint density at radius 1 is 1.19 bits per heavy atom. The smallest absolute Gasteiger partial charge is 0.308 e. The summed E-state index contributed by atoms with van der Waals surface area (Å²) in [4.78, 5) is 29.5. The van der Waals surface area contributed by atoms with Gasteiger partial charge in [0.15, 0.2) is 0 Å². The molecule has 168 valence electrons. The third-order valence-corrected chi connectivity index (χ3v) is 7.84. The molecule has 1 aromatic rings. The summed E-state index contributed by atoms with van der Waals surface area (Å²) in [5, 5.41) is 8.77. The van der Waals surface area contributed by atoms with Crippen LogP contribution in [0.15, 0.2) is 12.3 Å². The number of ether oxygens (including phenoxy) is 1. The molecule has 4 atom stereocenters. The van der Waals surface area contributed by atoms with Crippen molar-refractivity contribution in [3.8, 4) is 0 Å². The van der Waals surface area contributed by atoms with Crippen LogP contribution in [0.3, 0.4) is 0 Å². The summed E-state index contributed by atoms with van der Waals surface area (Å²) in [6, 6.07) is 0.431. The molecular weight excluding hydrogens is 394 g/mol. The van der Waals surface area contributed by atoms with Gasteiger partial charge in [0.05, 0.1) is 31.7 Å². The fourth-order valence-electron chi connectivity index (χ4n) is 6.00. The van der Waals surface area contributed by atoms with Gasteiger partial charge in [0.2, 0.25) is 5.91 Å². The first-order valence-electron chi connectivity index (χ1n) is 11.8. The zero-order valence-corrected chi connectivity index (χ0v) is 18.4. The number of fused-ring (bicyclic) bond motifs is 3. The fraction of sp³-hybridized carbons (Fsp3) is 0.739. The number of hydrogen-bond donors (Lipinski definition) is 0. The molecule has 0 radical (unpaired) electrons. The highest BCUT2D eigenvalue weighted by atomic mass is 16.5. The molecule has 31 heavy (non-hydrogen) atoms. The predicted octanol–water partition coefficient (Wildman–Crippen LogP) is 1.97. The molecule has 4 aliphatic heterocycles.